The zero-order valence-corrected chi connectivity index (χ0v) is 10.9. The second kappa shape index (κ2) is 7.69. The van der Waals surface area contributed by atoms with E-state index in [9.17, 15) is 4.39 Å². The molecule has 0 amide bonds. The fraction of sp³-hybridized carbons (Fsp3) is 0.500. The van der Waals surface area contributed by atoms with E-state index in [1.54, 1.807) is 13.0 Å². The number of hydrogen-bond acceptors (Lipinski definition) is 3. The molecule has 0 aromatic heterocycles. The molecule has 0 radical (unpaired) electrons. The highest BCUT2D eigenvalue weighted by molar-refractivity contribution is 6.00. The SMILES string of the molecule is CCCCCCOc1ccc(F)cc1C(C)=NO. The van der Waals surface area contributed by atoms with Crippen molar-refractivity contribution in [3.05, 3.63) is 29.6 Å². The van der Waals surface area contributed by atoms with Gasteiger partial charge in [0.2, 0.25) is 0 Å². The molecule has 0 aliphatic rings. The Morgan fingerprint density at radius 1 is 1.33 bits per heavy atom. The van der Waals surface area contributed by atoms with Gasteiger partial charge in [0.1, 0.15) is 11.6 Å². The predicted molar refractivity (Wildman–Crippen MR) is 70.0 cm³/mol. The lowest BCUT2D eigenvalue weighted by atomic mass is 10.1. The highest BCUT2D eigenvalue weighted by Crippen LogP contribution is 2.21. The number of rotatable bonds is 7. The average Bonchev–Trinajstić information content (AvgIpc) is 2.39. The van der Waals surface area contributed by atoms with Gasteiger partial charge >= 0.3 is 0 Å². The van der Waals surface area contributed by atoms with E-state index in [2.05, 4.69) is 12.1 Å². The van der Waals surface area contributed by atoms with Gasteiger partial charge in [0.15, 0.2) is 0 Å². The third kappa shape index (κ3) is 4.35. The predicted octanol–water partition coefficient (Wildman–Crippen LogP) is 3.98. The van der Waals surface area contributed by atoms with Crippen LogP contribution in [-0.4, -0.2) is 17.5 Å². The van der Waals surface area contributed by atoms with E-state index in [4.69, 9.17) is 9.94 Å². The third-order valence-corrected chi connectivity index (χ3v) is 2.74. The molecule has 0 heterocycles. The van der Waals surface area contributed by atoms with Gasteiger partial charge in [0.05, 0.1) is 12.3 Å². The van der Waals surface area contributed by atoms with Crippen LogP contribution in [0, 0.1) is 5.82 Å². The molecule has 0 spiro atoms. The van der Waals surface area contributed by atoms with Gasteiger partial charge in [-0.25, -0.2) is 4.39 Å². The molecule has 0 fully saturated rings. The lowest BCUT2D eigenvalue weighted by Crippen LogP contribution is -2.04. The normalized spacial score (nSPS) is 11.6. The molecule has 1 aromatic rings. The summed E-state index contributed by atoms with van der Waals surface area (Å²) in [6.07, 6.45) is 4.47. The van der Waals surface area contributed by atoms with Gasteiger partial charge in [0, 0.05) is 5.56 Å². The maximum absolute atomic E-state index is 13.1. The van der Waals surface area contributed by atoms with Gasteiger partial charge < -0.3 is 9.94 Å². The summed E-state index contributed by atoms with van der Waals surface area (Å²) < 4.78 is 18.7. The molecule has 0 aliphatic carbocycles. The Bertz CT molecular complexity index is 405. The van der Waals surface area contributed by atoms with E-state index in [1.807, 2.05) is 0 Å². The molecule has 1 rings (SSSR count). The Morgan fingerprint density at radius 2 is 2.11 bits per heavy atom. The molecular formula is C14H20FNO2. The van der Waals surface area contributed by atoms with Crippen LogP contribution in [0.15, 0.2) is 23.4 Å². The van der Waals surface area contributed by atoms with Crippen LogP contribution < -0.4 is 4.74 Å². The van der Waals surface area contributed by atoms with Gasteiger partial charge in [-0.1, -0.05) is 31.3 Å². The Balaban J connectivity index is 2.64. The molecule has 0 bridgehead atoms. The van der Waals surface area contributed by atoms with E-state index >= 15 is 0 Å². The summed E-state index contributed by atoms with van der Waals surface area (Å²) in [7, 11) is 0. The third-order valence-electron chi connectivity index (χ3n) is 2.74. The minimum absolute atomic E-state index is 0.345. The summed E-state index contributed by atoms with van der Waals surface area (Å²) in [4.78, 5) is 0. The van der Waals surface area contributed by atoms with Crippen molar-refractivity contribution < 1.29 is 14.3 Å². The van der Waals surface area contributed by atoms with Crippen molar-refractivity contribution >= 4 is 5.71 Å². The van der Waals surface area contributed by atoms with Crippen LogP contribution in [0.2, 0.25) is 0 Å². The summed E-state index contributed by atoms with van der Waals surface area (Å²) in [6, 6.07) is 4.23. The molecule has 100 valence electrons. The summed E-state index contributed by atoms with van der Waals surface area (Å²) in [5.74, 6) is 0.189. The van der Waals surface area contributed by atoms with Crippen molar-refractivity contribution in [2.75, 3.05) is 6.61 Å². The number of ether oxygens (including phenoxy) is 1. The van der Waals surface area contributed by atoms with E-state index in [-0.39, 0.29) is 5.82 Å². The molecule has 0 aliphatic heterocycles. The van der Waals surface area contributed by atoms with Crippen LogP contribution in [0.4, 0.5) is 4.39 Å². The van der Waals surface area contributed by atoms with Gasteiger partial charge in [-0.05, 0) is 31.5 Å². The summed E-state index contributed by atoms with van der Waals surface area (Å²) in [5, 5.41) is 11.8. The lowest BCUT2D eigenvalue weighted by Gasteiger charge is -2.10. The van der Waals surface area contributed by atoms with Gasteiger partial charge in [-0.2, -0.15) is 0 Å². The van der Waals surface area contributed by atoms with Gasteiger partial charge in [0.25, 0.3) is 0 Å². The van der Waals surface area contributed by atoms with Crippen LogP contribution in [0.5, 0.6) is 5.75 Å². The summed E-state index contributed by atoms with van der Waals surface area (Å²) in [6.45, 7) is 4.36. The highest BCUT2D eigenvalue weighted by atomic mass is 19.1. The number of hydrogen-bond donors (Lipinski definition) is 1. The van der Waals surface area contributed by atoms with Crippen molar-refractivity contribution in [2.24, 2.45) is 5.16 Å². The summed E-state index contributed by atoms with van der Waals surface area (Å²) in [5.41, 5.74) is 0.839. The minimum Gasteiger partial charge on any atom is -0.493 e. The zero-order chi connectivity index (χ0) is 13.4. The Hall–Kier alpha value is -1.58. The molecule has 3 nitrogen and oxygen atoms in total. The van der Waals surface area contributed by atoms with Crippen LogP contribution in [0.1, 0.15) is 45.1 Å². The maximum atomic E-state index is 13.1. The number of unbranched alkanes of at least 4 members (excludes halogenated alkanes) is 3. The quantitative estimate of drug-likeness (QED) is 0.345. The fourth-order valence-corrected chi connectivity index (χ4v) is 1.68. The molecule has 4 heteroatoms. The smallest absolute Gasteiger partial charge is 0.128 e. The average molecular weight is 253 g/mol. The van der Waals surface area contributed by atoms with E-state index in [1.165, 1.54) is 25.0 Å². The van der Waals surface area contributed by atoms with Crippen molar-refractivity contribution in [2.45, 2.75) is 39.5 Å². The minimum atomic E-state index is -0.369. The zero-order valence-electron chi connectivity index (χ0n) is 10.9. The van der Waals surface area contributed by atoms with E-state index < -0.39 is 0 Å². The second-order valence-electron chi connectivity index (χ2n) is 4.24. The van der Waals surface area contributed by atoms with Crippen molar-refractivity contribution in [1.82, 2.24) is 0 Å². The second-order valence-corrected chi connectivity index (χ2v) is 4.24. The molecule has 0 saturated carbocycles. The summed E-state index contributed by atoms with van der Waals surface area (Å²) >= 11 is 0. The molecular weight excluding hydrogens is 233 g/mol. The number of oxime groups is 1. The monoisotopic (exact) mass is 253 g/mol. The fourth-order valence-electron chi connectivity index (χ4n) is 1.68. The number of nitrogens with zero attached hydrogens (tertiary/aromatic N) is 1. The first-order valence-corrected chi connectivity index (χ1v) is 6.30. The Kier molecular flexibility index (Phi) is 6.19. The van der Waals surface area contributed by atoms with Gasteiger partial charge in [-0.3, -0.25) is 0 Å². The molecule has 0 atom stereocenters. The maximum Gasteiger partial charge on any atom is 0.128 e. The van der Waals surface area contributed by atoms with E-state index in [0.29, 0.717) is 23.6 Å². The number of halogens is 1. The molecule has 0 unspecified atom stereocenters. The topological polar surface area (TPSA) is 41.8 Å². The van der Waals surface area contributed by atoms with E-state index in [0.717, 1.165) is 12.8 Å². The highest BCUT2D eigenvalue weighted by Gasteiger charge is 2.08. The first-order chi connectivity index (χ1) is 8.69. The molecule has 1 aromatic carbocycles. The molecule has 0 saturated heterocycles. The van der Waals surface area contributed by atoms with Crippen LogP contribution in [-0.2, 0) is 0 Å². The molecule has 1 N–H and O–H groups in total. The Labute approximate surface area is 107 Å². The van der Waals surface area contributed by atoms with Gasteiger partial charge in [-0.15, -0.1) is 0 Å². The first kappa shape index (κ1) is 14.5. The standard InChI is InChI=1S/C14H20FNO2/c1-3-4-5-6-9-18-14-8-7-12(15)10-13(14)11(2)16-17/h7-8,10,17H,3-6,9H2,1-2H3. The van der Waals surface area contributed by atoms with Crippen molar-refractivity contribution in [1.29, 1.82) is 0 Å². The Morgan fingerprint density at radius 3 is 2.78 bits per heavy atom. The van der Waals surface area contributed by atoms with Crippen molar-refractivity contribution in [3.63, 3.8) is 0 Å². The first-order valence-electron chi connectivity index (χ1n) is 6.30. The van der Waals surface area contributed by atoms with Crippen LogP contribution in [0.3, 0.4) is 0 Å². The number of benzene rings is 1. The largest absolute Gasteiger partial charge is 0.493 e. The van der Waals surface area contributed by atoms with Crippen molar-refractivity contribution in [3.8, 4) is 5.75 Å². The van der Waals surface area contributed by atoms with Crippen LogP contribution in [0.25, 0.3) is 0 Å². The lowest BCUT2D eigenvalue weighted by molar-refractivity contribution is 0.302. The van der Waals surface area contributed by atoms with Crippen LogP contribution >= 0.6 is 0 Å². The molecule has 18 heavy (non-hydrogen) atoms.